The number of aliphatic carboxylic acids is 1. The molecule has 0 radical (unpaired) electrons. The minimum Gasteiger partial charge on any atom is -0.480 e. The summed E-state index contributed by atoms with van der Waals surface area (Å²) in [6.45, 7) is 5.74. The van der Waals surface area contributed by atoms with Crippen LogP contribution >= 0.6 is 0 Å². The van der Waals surface area contributed by atoms with Crippen molar-refractivity contribution in [2.75, 3.05) is 6.54 Å². The molecule has 0 bridgehead atoms. The molecule has 1 heterocycles. The van der Waals surface area contributed by atoms with Crippen LogP contribution in [-0.2, 0) is 9.59 Å². The molecule has 0 saturated carbocycles. The van der Waals surface area contributed by atoms with Gasteiger partial charge in [-0.05, 0) is 40.0 Å². The predicted molar refractivity (Wildman–Crippen MR) is 64.7 cm³/mol. The minimum atomic E-state index is -0.933. The molecule has 1 amide bonds. The summed E-state index contributed by atoms with van der Waals surface area (Å²) in [5.74, 6) is -0.935. The van der Waals surface area contributed by atoms with Crippen molar-refractivity contribution in [2.45, 2.75) is 58.2 Å². The van der Waals surface area contributed by atoms with Crippen LogP contribution in [0.1, 0.15) is 40.0 Å². The number of nitrogens with zero attached hydrogens (tertiary/aromatic N) is 1. The number of piperidine rings is 1. The van der Waals surface area contributed by atoms with E-state index in [1.807, 2.05) is 18.7 Å². The molecule has 98 valence electrons. The van der Waals surface area contributed by atoms with Gasteiger partial charge >= 0.3 is 5.97 Å². The number of carboxylic acids is 1. The number of carboxylic acid groups (broad SMARTS) is 1. The maximum Gasteiger partial charge on any atom is 0.320 e. The van der Waals surface area contributed by atoms with E-state index in [1.54, 1.807) is 6.92 Å². The average molecular weight is 242 g/mol. The van der Waals surface area contributed by atoms with Gasteiger partial charge in [0.2, 0.25) is 5.91 Å². The molecule has 5 heteroatoms. The van der Waals surface area contributed by atoms with Gasteiger partial charge in [-0.3, -0.25) is 14.9 Å². The number of likely N-dealkylation sites (tertiary alicyclic amines) is 1. The Kier molecular flexibility index (Phi) is 4.93. The van der Waals surface area contributed by atoms with Crippen LogP contribution in [0.5, 0.6) is 0 Å². The molecule has 1 saturated heterocycles. The number of carbonyl (C=O) groups excluding carboxylic acids is 1. The van der Waals surface area contributed by atoms with Crippen molar-refractivity contribution in [3.8, 4) is 0 Å². The van der Waals surface area contributed by atoms with Crippen molar-refractivity contribution in [1.82, 2.24) is 10.2 Å². The van der Waals surface area contributed by atoms with Crippen LogP contribution < -0.4 is 5.32 Å². The van der Waals surface area contributed by atoms with Gasteiger partial charge in [-0.2, -0.15) is 0 Å². The molecule has 3 atom stereocenters. The number of nitrogens with one attached hydrogen (secondary N) is 1. The molecule has 2 N–H and O–H groups in total. The first-order valence-electron chi connectivity index (χ1n) is 6.20. The SMILES string of the molecule is CC1CCCC(C)N1C(=O)CN[C@H](C)C(=O)O. The van der Waals surface area contributed by atoms with Gasteiger partial charge in [-0.25, -0.2) is 0 Å². The second-order valence-corrected chi connectivity index (χ2v) is 4.87. The Balaban J connectivity index is 2.48. The normalized spacial score (nSPS) is 26.6. The van der Waals surface area contributed by atoms with Gasteiger partial charge in [0.1, 0.15) is 6.04 Å². The number of carbonyl (C=O) groups is 2. The highest BCUT2D eigenvalue weighted by atomic mass is 16.4. The molecule has 0 spiro atoms. The number of hydrogen-bond donors (Lipinski definition) is 2. The second-order valence-electron chi connectivity index (χ2n) is 4.87. The van der Waals surface area contributed by atoms with Gasteiger partial charge in [0.15, 0.2) is 0 Å². The number of rotatable bonds is 4. The maximum atomic E-state index is 12.0. The van der Waals surface area contributed by atoms with Gasteiger partial charge in [-0.1, -0.05) is 0 Å². The fourth-order valence-electron chi connectivity index (χ4n) is 2.33. The van der Waals surface area contributed by atoms with E-state index in [9.17, 15) is 9.59 Å². The van der Waals surface area contributed by atoms with Crippen LogP contribution in [0.15, 0.2) is 0 Å². The quantitative estimate of drug-likeness (QED) is 0.766. The van der Waals surface area contributed by atoms with Crippen molar-refractivity contribution in [3.05, 3.63) is 0 Å². The van der Waals surface area contributed by atoms with E-state index in [0.29, 0.717) is 0 Å². The number of amides is 1. The molecule has 1 aliphatic heterocycles. The molecule has 2 unspecified atom stereocenters. The van der Waals surface area contributed by atoms with E-state index >= 15 is 0 Å². The summed E-state index contributed by atoms with van der Waals surface area (Å²) in [7, 11) is 0. The molecular weight excluding hydrogens is 220 g/mol. The van der Waals surface area contributed by atoms with Crippen LogP contribution in [0.4, 0.5) is 0 Å². The van der Waals surface area contributed by atoms with Gasteiger partial charge in [0.05, 0.1) is 6.54 Å². The topological polar surface area (TPSA) is 69.6 Å². The molecule has 0 aromatic carbocycles. The molecule has 1 fully saturated rings. The molecular formula is C12H22N2O3. The van der Waals surface area contributed by atoms with E-state index in [4.69, 9.17) is 5.11 Å². The van der Waals surface area contributed by atoms with E-state index in [-0.39, 0.29) is 24.5 Å². The third-order valence-electron chi connectivity index (χ3n) is 3.41. The van der Waals surface area contributed by atoms with E-state index < -0.39 is 12.0 Å². The average Bonchev–Trinajstić information content (AvgIpc) is 2.25. The fourth-order valence-corrected chi connectivity index (χ4v) is 2.33. The Hall–Kier alpha value is -1.10. The third kappa shape index (κ3) is 3.70. The lowest BCUT2D eigenvalue weighted by molar-refractivity contribution is -0.140. The Morgan fingerprint density at radius 2 is 1.88 bits per heavy atom. The molecule has 1 rings (SSSR count). The maximum absolute atomic E-state index is 12.0. The minimum absolute atomic E-state index is 0.00204. The Morgan fingerprint density at radius 3 is 2.35 bits per heavy atom. The van der Waals surface area contributed by atoms with Crippen molar-refractivity contribution >= 4 is 11.9 Å². The molecule has 0 aromatic rings. The fraction of sp³-hybridized carbons (Fsp3) is 0.833. The first-order chi connectivity index (χ1) is 7.93. The Bertz CT molecular complexity index is 283. The smallest absolute Gasteiger partial charge is 0.320 e. The Morgan fingerprint density at radius 1 is 1.35 bits per heavy atom. The van der Waals surface area contributed by atoms with Crippen LogP contribution in [0.2, 0.25) is 0 Å². The molecule has 0 aliphatic carbocycles. The summed E-state index contributed by atoms with van der Waals surface area (Å²) in [4.78, 5) is 24.5. The predicted octanol–water partition coefficient (Wildman–Crippen LogP) is 0.839. The van der Waals surface area contributed by atoms with Gasteiger partial charge < -0.3 is 10.0 Å². The highest BCUT2D eigenvalue weighted by Crippen LogP contribution is 2.22. The lowest BCUT2D eigenvalue weighted by Gasteiger charge is -2.39. The molecule has 1 aliphatic rings. The zero-order valence-electron chi connectivity index (χ0n) is 10.8. The van der Waals surface area contributed by atoms with Gasteiger partial charge in [0, 0.05) is 12.1 Å². The zero-order chi connectivity index (χ0) is 13.0. The summed E-state index contributed by atoms with van der Waals surface area (Å²) in [5.41, 5.74) is 0. The monoisotopic (exact) mass is 242 g/mol. The standard InChI is InChI=1S/C12H22N2O3/c1-8-5-4-6-9(2)14(8)11(15)7-13-10(3)12(16)17/h8-10,13H,4-7H2,1-3H3,(H,16,17)/t8?,9?,10-/m1/s1. The molecule has 17 heavy (non-hydrogen) atoms. The zero-order valence-corrected chi connectivity index (χ0v) is 10.8. The largest absolute Gasteiger partial charge is 0.480 e. The second kappa shape index (κ2) is 6.00. The molecule has 5 nitrogen and oxygen atoms in total. The van der Waals surface area contributed by atoms with Crippen LogP contribution in [-0.4, -0.2) is 46.6 Å². The lowest BCUT2D eigenvalue weighted by Crippen LogP contribution is -2.51. The first kappa shape index (κ1) is 14.0. The van der Waals surface area contributed by atoms with Gasteiger partial charge in [-0.15, -0.1) is 0 Å². The summed E-state index contributed by atoms with van der Waals surface area (Å²) in [6.07, 6.45) is 3.22. The first-order valence-corrected chi connectivity index (χ1v) is 6.20. The Labute approximate surface area is 102 Å². The summed E-state index contributed by atoms with van der Waals surface area (Å²) < 4.78 is 0. The van der Waals surface area contributed by atoms with Gasteiger partial charge in [0.25, 0.3) is 0 Å². The van der Waals surface area contributed by atoms with Crippen molar-refractivity contribution in [1.29, 1.82) is 0 Å². The summed E-state index contributed by atoms with van der Waals surface area (Å²) >= 11 is 0. The van der Waals surface area contributed by atoms with E-state index in [1.165, 1.54) is 0 Å². The van der Waals surface area contributed by atoms with Crippen LogP contribution in [0.25, 0.3) is 0 Å². The van der Waals surface area contributed by atoms with Crippen LogP contribution in [0, 0.1) is 0 Å². The van der Waals surface area contributed by atoms with Crippen molar-refractivity contribution in [2.24, 2.45) is 0 Å². The van der Waals surface area contributed by atoms with E-state index in [2.05, 4.69) is 5.32 Å². The number of hydrogen-bond acceptors (Lipinski definition) is 3. The van der Waals surface area contributed by atoms with E-state index in [0.717, 1.165) is 19.3 Å². The molecule has 0 aromatic heterocycles. The highest BCUT2D eigenvalue weighted by molar-refractivity contribution is 5.80. The third-order valence-corrected chi connectivity index (χ3v) is 3.41. The van der Waals surface area contributed by atoms with Crippen molar-refractivity contribution in [3.63, 3.8) is 0 Å². The summed E-state index contributed by atoms with van der Waals surface area (Å²) in [5, 5.41) is 11.5. The van der Waals surface area contributed by atoms with Crippen molar-refractivity contribution < 1.29 is 14.7 Å². The summed E-state index contributed by atoms with van der Waals surface area (Å²) in [6, 6.07) is -0.171. The van der Waals surface area contributed by atoms with Crippen LogP contribution in [0.3, 0.4) is 0 Å². The highest BCUT2D eigenvalue weighted by Gasteiger charge is 2.28. The lowest BCUT2D eigenvalue weighted by atomic mass is 9.97.